The molecule has 7 aromatic rings. The maximum atomic E-state index is 10.4. The van der Waals surface area contributed by atoms with Gasteiger partial charge in [0, 0.05) is 55.9 Å². The predicted molar refractivity (Wildman–Crippen MR) is 349 cm³/mol. The molecule has 0 aromatic heterocycles. The van der Waals surface area contributed by atoms with E-state index in [9.17, 15) is 4.11 Å². The van der Waals surface area contributed by atoms with E-state index in [1.54, 1.807) is 0 Å². The highest BCUT2D eigenvalue weighted by molar-refractivity contribution is 7.00. The molecule has 7 aliphatic rings. The molecule has 2 saturated carbocycles. The van der Waals surface area contributed by atoms with E-state index in [4.69, 9.17) is 0 Å². The third kappa shape index (κ3) is 7.07. The highest BCUT2D eigenvalue weighted by Gasteiger charge is 2.63. The number of hydrogen-bond acceptors (Lipinski definition) is 3. The third-order valence-corrected chi connectivity index (χ3v) is 22.6. The van der Waals surface area contributed by atoms with Gasteiger partial charge in [0.05, 0.1) is 20.9 Å². The summed E-state index contributed by atoms with van der Waals surface area (Å²) >= 11 is 0. The van der Waals surface area contributed by atoms with Crippen molar-refractivity contribution in [1.29, 1.82) is 0 Å². The van der Waals surface area contributed by atoms with Gasteiger partial charge < -0.3 is 14.7 Å². The summed E-state index contributed by atoms with van der Waals surface area (Å²) in [6.45, 7) is 42.6. The highest BCUT2D eigenvalue weighted by Crippen LogP contribution is 2.66. The fraction of sp³-hybridized carbons (Fsp3) is 0.455. The smallest absolute Gasteiger partial charge is 0.252 e. The zero-order valence-corrected chi connectivity index (χ0v) is 52.4. The first kappa shape index (κ1) is 49.6. The maximum Gasteiger partial charge on any atom is 0.252 e. The van der Waals surface area contributed by atoms with Gasteiger partial charge in [0.2, 0.25) is 0 Å². The number of hydrogen-bond donors (Lipinski definition) is 0. The second-order valence-electron chi connectivity index (χ2n) is 31.8. The largest absolute Gasteiger partial charge is 0.335 e. The number of rotatable bonds is 3. The van der Waals surface area contributed by atoms with Crippen LogP contribution >= 0.6 is 0 Å². The standard InChI is InChI=1S/C77H90BN3/c1-69(2,3)48-28-31-56-54(39-48)55-45-64-60(46-57(55)73(56,13)14)78-61-42-51(72(10,11)12)41-59-68(61)81(77(18)37-25-23-35-75(59,77)16)66-44-52(80-63-33-30-50(71(7,8)9)40-58(63)74(15)34-22-24-36-76(74,80)17)43-65(67(66)78)79(64)62-32-29-49(70(4,5)6)38-53(62)47-26-20-19-21-27-47/h19-21,26-33,38-46H,22-25,34-37H2,1-18H3/i30D,33D,40D. The molecule has 4 unspecified atom stereocenters. The van der Waals surface area contributed by atoms with Crippen LogP contribution in [-0.4, -0.2) is 17.8 Å². The second kappa shape index (κ2) is 16.6. The zero-order valence-electron chi connectivity index (χ0n) is 55.4. The Hall–Kier alpha value is -6.00. The van der Waals surface area contributed by atoms with Crippen molar-refractivity contribution in [2.75, 3.05) is 14.7 Å². The fourth-order valence-electron chi connectivity index (χ4n) is 17.1. The molecule has 0 spiro atoms. The molecule has 4 heterocycles. The van der Waals surface area contributed by atoms with Crippen LogP contribution in [-0.2, 0) is 37.9 Å². The van der Waals surface area contributed by atoms with Gasteiger partial charge in [-0.1, -0.05) is 221 Å². The molecule has 81 heavy (non-hydrogen) atoms. The first-order chi connectivity index (χ1) is 39.2. The minimum absolute atomic E-state index is 0.0297. The van der Waals surface area contributed by atoms with Gasteiger partial charge in [-0.2, -0.15) is 0 Å². The summed E-state index contributed by atoms with van der Waals surface area (Å²) in [6, 6.07) is 42.4. The molecule has 14 rings (SSSR count). The molecule has 7 aromatic carbocycles. The number of benzene rings is 7. The molecule has 2 fully saturated rings. The van der Waals surface area contributed by atoms with E-state index in [0.717, 1.165) is 61.2 Å². The number of nitrogens with zero attached hydrogens (tertiary/aromatic N) is 3. The van der Waals surface area contributed by atoms with Crippen molar-refractivity contribution >= 4 is 62.9 Å². The Bertz CT molecular complexity index is 4010. The molecule has 0 bridgehead atoms. The Morgan fingerprint density at radius 3 is 1.64 bits per heavy atom. The van der Waals surface area contributed by atoms with Crippen LogP contribution in [0.25, 0.3) is 22.3 Å². The Morgan fingerprint density at radius 2 is 1.00 bits per heavy atom. The van der Waals surface area contributed by atoms with E-state index in [1.165, 1.54) is 108 Å². The molecule has 3 nitrogen and oxygen atoms in total. The molecule has 0 N–H and O–H groups in total. The fourth-order valence-corrected chi connectivity index (χ4v) is 17.1. The summed E-state index contributed by atoms with van der Waals surface area (Å²) in [5.74, 6) is 0. The lowest BCUT2D eigenvalue weighted by atomic mass is 9.33. The normalized spacial score (nSPS) is 25.2. The van der Waals surface area contributed by atoms with Crippen molar-refractivity contribution in [3.8, 4) is 22.3 Å². The van der Waals surface area contributed by atoms with Gasteiger partial charge in [0.1, 0.15) is 0 Å². The first-order valence-electron chi connectivity index (χ1n) is 32.6. The molecule has 0 radical (unpaired) electrons. The molecule has 3 aliphatic carbocycles. The summed E-state index contributed by atoms with van der Waals surface area (Å²) in [7, 11) is 0. The maximum absolute atomic E-state index is 10.4. The van der Waals surface area contributed by atoms with E-state index >= 15 is 0 Å². The Kier molecular flexibility index (Phi) is 10.2. The average Bonchev–Trinajstić information content (AvgIpc) is 1.68. The van der Waals surface area contributed by atoms with Gasteiger partial charge in [0.15, 0.2) is 0 Å². The van der Waals surface area contributed by atoms with Crippen molar-refractivity contribution < 1.29 is 4.11 Å². The van der Waals surface area contributed by atoms with Crippen LogP contribution in [0.1, 0.15) is 225 Å². The van der Waals surface area contributed by atoms with Crippen LogP contribution < -0.4 is 31.1 Å². The molecule has 0 saturated heterocycles. The van der Waals surface area contributed by atoms with E-state index in [0.29, 0.717) is 11.6 Å². The predicted octanol–water partition coefficient (Wildman–Crippen LogP) is 18.9. The minimum Gasteiger partial charge on any atom is -0.335 e. The lowest BCUT2D eigenvalue weighted by Gasteiger charge is -2.54. The Balaban J connectivity index is 1.18. The SMILES string of the molecule is [2H]c1c([2H])c(C(C)(C)C)c([2H])c2c1N(c1cc3c4c(c1)N1c5c(cc(C(C)(C)C)cc5C5(C)CCCCC15C)B4c1cc4c(cc1N3c1ccc(C(C)(C)C)cc1-c1ccccc1)-c1cc(C(C)(C)C)ccc1C4(C)C)C1(C)CCCCC21C. The summed E-state index contributed by atoms with van der Waals surface area (Å²) in [6.07, 6.45) is 8.55. The van der Waals surface area contributed by atoms with Crippen LogP contribution in [0.5, 0.6) is 0 Å². The first-order valence-corrected chi connectivity index (χ1v) is 31.1. The highest BCUT2D eigenvalue weighted by atomic mass is 15.3. The zero-order chi connectivity index (χ0) is 59.9. The lowest BCUT2D eigenvalue weighted by molar-refractivity contribution is 0.194. The average molecular weight is 1070 g/mol. The molecule has 0 amide bonds. The topological polar surface area (TPSA) is 9.72 Å². The van der Waals surface area contributed by atoms with Crippen molar-refractivity contribution in [2.24, 2.45) is 0 Å². The van der Waals surface area contributed by atoms with E-state index < -0.39 is 16.4 Å². The number of fused-ring (bicyclic) bond motifs is 13. The minimum atomic E-state index is -0.488. The molecule has 4 heteroatoms. The third-order valence-electron chi connectivity index (χ3n) is 22.6. The van der Waals surface area contributed by atoms with Crippen molar-refractivity contribution in [3.63, 3.8) is 0 Å². The monoisotopic (exact) mass is 1070 g/mol. The Morgan fingerprint density at radius 1 is 0.432 bits per heavy atom. The van der Waals surface area contributed by atoms with E-state index in [-0.39, 0.29) is 51.4 Å². The van der Waals surface area contributed by atoms with E-state index in [1.807, 2.05) is 0 Å². The summed E-state index contributed by atoms with van der Waals surface area (Å²) in [4.78, 5) is 8.15. The van der Waals surface area contributed by atoms with Gasteiger partial charge in [-0.25, -0.2) is 0 Å². The van der Waals surface area contributed by atoms with Crippen LogP contribution in [0, 0.1) is 0 Å². The molecular weight excluding hydrogens is 978 g/mol. The van der Waals surface area contributed by atoms with Crippen LogP contribution in [0.3, 0.4) is 0 Å². The molecule has 4 aliphatic heterocycles. The Labute approximate surface area is 492 Å². The molecular formula is C77H90BN3. The van der Waals surface area contributed by atoms with Crippen LogP contribution in [0.2, 0.25) is 0 Å². The van der Waals surface area contributed by atoms with Gasteiger partial charge in [-0.3, -0.25) is 0 Å². The van der Waals surface area contributed by atoms with Crippen LogP contribution in [0.15, 0.2) is 121 Å². The second-order valence-corrected chi connectivity index (χ2v) is 31.8. The van der Waals surface area contributed by atoms with Gasteiger partial charge in [0.25, 0.3) is 6.71 Å². The van der Waals surface area contributed by atoms with Crippen LogP contribution in [0.4, 0.5) is 39.8 Å². The quantitative estimate of drug-likeness (QED) is 0.163. The summed E-state index contributed by atoms with van der Waals surface area (Å²) < 4.78 is 30.7. The molecule has 416 valence electrons. The van der Waals surface area contributed by atoms with Crippen molar-refractivity contribution in [3.05, 3.63) is 166 Å². The number of anilines is 7. The van der Waals surface area contributed by atoms with Crippen molar-refractivity contribution in [2.45, 2.75) is 225 Å². The molecule has 4 atom stereocenters. The van der Waals surface area contributed by atoms with Gasteiger partial charge >= 0.3 is 0 Å². The summed E-state index contributed by atoms with van der Waals surface area (Å²) in [5.41, 5.74) is 24.9. The van der Waals surface area contributed by atoms with E-state index in [2.05, 4.69) is 242 Å². The lowest BCUT2D eigenvalue weighted by Crippen LogP contribution is -2.65. The summed E-state index contributed by atoms with van der Waals surface area (Å²) in [5, 5.41) is 0. The van der Waals surface area contributed by atoms with Gasteiger partial charge in [-0.15, -0.1) is 0 Å². The van der Waals surface area contributed by atoms with Gasteiger partial charge in [-0.05, 0) is 175 Å². The van der Waals surface area contributed by atoms with Crippen molar-refractivity contribution in [1.82, 2.24) is 0 Å².